The van der Waals surface area contributed by atoms with Crippen LogP contribution in [0, 0.1) is 5.92 Å². The van der Waals surface area contributed by atoms with E-state index >= 15 is 0 Å². The Bertz CT molecular complexity index is 442. The maximum Gasteiger partial charge on any atom is 0.0796 e. The largest absolute Gasteiger partial charge is 0.398 e. The van der Waals surface area contributed by atoms with Crippen LogP contribution in [0.1, 0.15) is 13.8 Å². The number of nitrogens with zero attached hydrogens (tertiary/aromatic N) is 1. The zero-order valence-electron chi connectivity index (χ0n) is 12.1. The molecule has 1 atom stereocenters. The lowest BCUT2D eigenvalue weighted by atomic mass is 10.2. The van der Waals surface area contributed by atoms with Crippen LogP contribution in [0.3, 0.4) is 0 Å². The van der Waals surface area contributed by atoms with Crippen molar-refractivity contribution in [1.82, 2.24) is 4.90 Å². The monoisotopic (exact) mass is 358 g/mol. The van der Waals surface area contributed by atoms with Crippen LogP contribution in [0.15, 0.2) is 27.6 Å². The molecule has 112 valence electrons. The van der Waals surface area contributed by atoms with Gasteiger partial charge in [0.2, 0.25) is 0 Å². The van der Waals surface area contributed by atoms with Gasteiger partial charge in [0.25, 0.3) is 0 Å². The first-order chi connectivity index (χ1) is 9.54. The quantitative estimate of drug-likeness (QED) is 0.645. The van der Waals surface area contributed by atoms with E-state index in [4.69, 9.17) is 10.5 Å². The molecule has 1 saturated heterocycles. The van der Waals surface area contributed by atoms with Gasteiger partial charge in [-0.15, -0.1) is 11.8 Å². The summed E-state index contributed by atoms with van der Waals surface area (Å²) in [5.41, 5.74) is 6.85. The summed E-state index contributed by atoms with van der Waals surface area (Å²) in [5, 5.41) is 0. The highest BCUT2D eigenvalue weighted by Gasteiger charge is 2.21. The first-order valence-corrected chi connectivity index (χ1v) is 8.84. The second-order valence-corrected chi connectivity index (χ2v) is 7.62. The smallest absolute Gasteiger partial charge is 0.0796 e. The average Bonchev–Trinajstić information content (AvgIpc) is 2.39. The minimum atomic E-state index is 0.297. The minimum absolute atomic E-state index is 0.297. The van der Waals surface area contributed by atoms with Gasteiger partial charge in [0.1, 0.15) is 0 Å². The first-order valence-electron chi connectivity index (χ1n) is 7.06. The molecular weight excluding hydrogens is 336 g/mol. The zero-order chi connectivity index (χ0) is 14.5. The topological polar surface area (TPSA) is 38.5 Å². The van der Waals surface area contributed by atoms with E-state index in [-0.39, 0.29) is 0 Å². The molecule has 5 heteroatoms. The molecule has 1 aliphatic heterocycles. The summed E-state index contributed by atoms with van der Waals surface area (Å²) >= 11 is 5.27. The van der Waals surface area contributed by atoms with Crippen LogP contribution >= 0.6 is 27.7 Å². The Labute approximate surface area is 134 Å². The summed E-state index contributed by atoms with van der Waals surface area (Å²) < 4.78 is 6.94. The fourth-order valence-corrected chi connectivity index (χ4v) is 3.90. The van der Waals surface area contributed by atoms with E-state index in [1.807, 2.05) is 12.1 Å². The molecule has 1 aromatic carbocycles. The Hall–Kier alpha value is -0.230. The van der Waals surface area contributed by atoms with Gasteiger partial charge in [0, 0.05) is 40.4 Å². The highest BCUT2D eigenvalue weighted by atomic mass is 79.9. The van der Waals surface area contributed by atoms with Crippen molar-refractivity contribution in [2.75, 3.05) is 37.7 Å². The second-order valence-electron chi connectivity index (χ2n) is 5.64. The van der Waals surface area contributed by atoms with Crippen molar-refractivity contribution < 1.29 is 4.74 Å². The molecule has 1 fully saturated rings. The van der Waals surface area contributed by atoms with E-state index in [1.54, 1.807) is 11.8 Å². The number of halogens is 1. The third-order valence-electron chi connectivity index (χ3n) is 3.25. The molecule has 3 nitrogen and oxygen atoms in total. The van der Waals surface area contributed by atoms with Gasteiger partial charge in [0.05, 0.1) is 12.7 Å². The van der Waals surface area contributed by atoms with Crippen molar-refractivity contribution in [3.05, 3.63) is 22.7 Å². The Morgan fingerprint density at radius 1 is 1.50 bits per heavy atom. The number of rotatable bonds is 5. The standard InChI is InChI=1S/C15H23BrN2OS/c1-11(2)8-18-5-6-19-13(9-18)10-20-15-7-12(16)3-4-14(15)17/h3-4,7,11,13H,5-6,8-10,17H2,1-2H3. The van der Waals surface area contributed by atoms with Gasteiger partial charge in [0.15, 0.2) is 0 Å². The average molecular weight is 359 g/mol. The van der Waals surface area contributed by atoms with Crippen LogP contribution in [0.25, 0.3) is 0 Å². The maximum absolute atomic E-state index is 6.01. The fourth-order valence-electron chi connectivity index (χ4n) is 2.38. The van der Waals surface area contributed by atoms with Crippen molar-refractivity contribution in [1.29, 1.82) is 0 Å². The highest BCUT2D eigenvalue weighted by Crippen LogP contribution is 2.29. The molecule has 2 N–H and O–H groups in total. The van der Waals surface area contributed by atoms with Crippen LogP contribution in [-0.4, -0.2) is 43.0 Å². The number of ether oxygens (including phenoxy) is 1. The molecule has 0 aromatic heterocycles. The predicted molar refractivity (Wildman–Crippen MR) is 90.3 cm³/mol. The van der Waals surface area contributed by atoms with Crippen molar-refractivity contribution in [2.24, 2.45) is 5.92 Å². The van der Waals surface area contributed by atoms with Gasteiger partial charge in [-0.3, -0.25) is 4.90 Å². The van der Waals surface area contributed by atoms with Gasteiger partial charge < -0.3 is 10.5 Å². The maximum atomic E-state index is 6.01. The van der Waals surface area contributed by atoms with Crippen molar-refractivity contribution >= 4 is 33.4 Å². The number of thioether (sulfide) groups is 1. The third-order valence-corrected chi connectivity index (χ3v) is 4.94. The number of hydrogen-bond donors (Lipinski definition) is 1. The summed E-state index contributed by atoms with van der Waals surface area (Å²) in [4.78, 5) is 3.63. The van der Waals surface area contributed by atoms with E-state index in [2.05, 4.69) is 40.7 Å². The van der Waals surface area contributed by atoms with Gasteiger partial charge in [-0.25, -0.2) is 0 Å². The van der Waals surface area contributed by atoms with Crippen molar-refractivity contribution in [3.8, 4) is 0 Å². The van der Waals surface area contributed by atoms with Crippen LogP contribution in [-0.2, 0) is 4.74 Å². The molecule has 0 spiro atoms. The van der Waals surface area contributed by atoms with Gasteiger partial charge >= 0.3 is 0 Å². The molecule has 1 heterocycles. The molecule has 0 saturated carbocycles. The fraction of sp³-hybridized carbons (Fsp3) is 0.600. The molecule has 1 unspecified atom stereocenters. The number of nitrogen functional groups attached to an aromatic ring is 1. The van der Waals surface area contributed by atoms with Crippen LogP contribution in [0.2, 0.25) is 0 Å². The third kappa shape index (κ3) is 4.95. The van der Waals surface area contributed by atoms with E-state index in [1.165, 1.54) is 0 Å². The number of morpholine rings is 1. The molecule has 1 aromatic rings. The molecule has 20 heavy (non-hydrogen) atoms. The molecular formula is C15H23BrN2OS. The number of hydrogen-bond acceptors (Lipinski definition) is 4. The Morgan fingerprint density at radius 3 is 3.05 bits per heavy atom. The molecule has 0 aliphatic carbocycles. The highest BCUT2D eigenvalue weighted by molar-refractivity contribution is 9.10. The number of anilines is 1. The summed E-state index contributed by atoms with van der Waals surface area (Å²) in [6, 6.07) is 5.99. The Balaban J connectivity index is 1.85. The normalized spacial score (nSPS) is 20.5. The van der Waals surface area contributed by atoms with Crippen molar-refractivity contribution in [2.45, 2.75) is 24.8 Å². The van der Waals surface area contributed by atoms with Crippen LogP contribution in [0.4, 0.5) is 5.69 Å². The Kier molecular flexibility index (Phi) is 6.20. The van der Waals surface area contributed by atoms with Gasteiger partial charge in [-0.2, -0.15) is 0 Å². The predicted octanol–water partition coefficient (Wildman–Crippen LogP) is 3.48. The van der Waals surface area contributed by atoms with E-state index in [0.29, 0.717) is 12.0 Å². The van der Waals surface area contributed by atoms with Gasteiger partial charge in [-0.05, 0) is 24.1 Å². The summed E-state index contributed by atoms with van der Waals surface area (Å²) in [6.45, 7) is 8.61. The molecule has 2 rings (SSSR count). The van der Waals surface area contributed by atoms with E-state index in [0.717, 1.165) is 47.0 Å². The molecule has 0 radical (unpaired) electrons. The van der Waals surface area contributed by atoms with Crippen LogP contribution < -0.4 is 5.73 Å². The summed E-state index contributed by atoms with van der Waals surface area (Å²) in [6.07, 6.45) is 0.297. The van der Waals surface area contributed by atoms with Gasteiger partial charge in [-0.1, -0.05) is 29.8 Å². The number of nitrogens with two attached hydrogens (primary N) is 1. The minimum Gasteiger partial charge on any atom is -0.398 e. The lowest BCUT2D eigenvalue weighted by Crippen LogP contribution is -2.44. The van der Waals surface area contributed by atoms with Crippen molar-refractivity contribution in [3.63, 3.8) is 0 Å². The van der Waals surface area contributed by atoms with Crippen LogP contribution in [0.5, 0.6) is 0 Å². The SMILES string of the molecule is CC(C)CN1CCOC(CSc2cc(Br)ccc2N)C1. The lowest BCUT2D eigenvalue weighted by molar-refractivity contribution is -0.0191. The molecule has 0 amide bonds. The van der Waals surface area contributed by atoms with E-state index < -0.39 is 0 Å². The summed E-state index contributed by atoms with van der Waals surface area (Å²) in [5.74, 6) is 1.66. The number of benzene rings is 1. The zero-order valence-corrected chi connectivity index (χ0v) is 14.5. The summed E-state index contributed by atoms with van der Waals surface area (Å²) in [7, 11) is 0. The second kappa shape index (κ2) is 7.69. The Morgan fingerprint density at radius 2 is 2.30 bits per heavy atom. The van der Waals surface area contributed by atoms with E-state index in [9.17, 15) is 0 Å². The lowest BCUT2D eigenvalue weighted by Gasteiger charge is -2.33. The molecule has 1 aliphatic rings. The molecule has 0 bridgehead atoms. The first kappa shape index (κ1) is 16.1.